The molecule has 4 nitrogen and oxygen atoms in total. The van der Waals surface area contributed by atoms with E-state index in [-0.39, 0.29) is 5.91 Å². The molecule has 3 aromatic rings. The van der Waals surface area contributed by atoms with Crippen LogP contribution >= 0.6 is 15.9 Å². The van der Waals surface area contributed by atoms with Crippen molar-refractivity contribution in [2.24, 2.45) is 0 Å². The number of unbranched alkanes of at least 4 members (excludes halogenated alkanes) is 3. The number of fused-ring (bicyclic) bond motifs is 1. The number of rotatable bonds is 10. The first-order valence-corrected chi connectivity index (χ1v) is 12.2. The van der Waals surface area contributed by atoms with Gasteiger partial charge in [0, 0.05) is 39.2 Å². The predicted molar refractivity (Wildman–Crippen MR) is 136 cm³/mol. The van der Waals surface area contributed by atoms with Crippen LogP contribution < -0.4 is 10.1 Å². The fraction of sp³-hybridized carbons (Fsp3) is 0.370. The van der Waals surface area contributed by atoms with E-state index in [9.17, 15) is 4.79 Å². The molecule has 1 aromatic heterocycles. The number of nitrogens with one attached hydrogen (secondary N) is 1. The van der Waals surface area contributed by atoms with Crippen LogP contribution in [0, 0.1) is 6.92 Å². The van der Waals surface area contributed by atoms with E-state index in [1.165, 1.54) is 12.8 Å². The van der Waals surface area contributed by atoms with E-state index in [4.69, 9.17) is 9.15 Å². The summed E-state index contributed by atoms with van der Waals surface area (Å²) in [6.45, 7) is 9.35. The smallest absolute Gasteiger partial charge is 0.244 e. The van der Waals surface area contributed by atoms with Gasteiger partial charge in [0.1, 0.15) is 11.3 Å². The lowest BCUT2D eigenvalue weighted by molar-refractivity contribution is -0.116. The van der Waals surface area contributed by atoms with Crippen molar-refractivity contribution in [3.63, 3.8) is 0 Å². The average Bonchev–Trinajstić information content (AvgIpc) is 3.20. The van der Waals surface area contributed by atoms with Crippen LogP contribution in [0.5, 0.6) is 5.75 Å². The van der Waals surface area contributed by atoms with Gasteiger partial charge in [0.25, 0.3) is 0 Å². The van der Waals surface area contributed by atoms with Crippen molar-refractivity contribution in [2.75, 3.05) is 13.2 Å². The summed E-state index contributed by atoms with van der Waals surface area (Å²) in [6.07, 6.45) is 8.00. The molecule has 0 aliphatic carbocycles. The molecule has 170 valence electrons. The summed E-state index contributed by atoms with van der Waals surface area (Å²) in [5.74, 6) is 0.695. The third-order valence-corrected chi connectivity index (χ3v) is 6.12. The maximum Gasteiger partial charge on any atom is 0.244 e. The highest BCUT2D eigenvalue weighted by Crippen LogP contribution is 2.40. The van der Waals surface area contributed by atoms with Gasteiger partial charge in [-0.3, -0.25) is 4.79 Å². The molecule has 0 saturated heterocycles. The lowest BCUT2D eigenvalue weighted by Crippen LogP contribution is -2.22. The zero-order valence-corrected chi connectivity index (χ0v) is 21.0. The Balaban J connectivity index is 1.97. The van der Waals surface area contributed by atoms with E-state index in [0.29, 0.717) is 13.2 Å². The lowest BCUT2D eigenvalue weighted by Gasteiger charge is -2.15. The van der Waals surface area contributed by atoms with Crippen LogP contribution in [0.25, 0.3) is 27.7 Å². The van der Waals surface area contributed by atoms with Gasteiger partial charge in [-0.05, 0) is 56.5 Å². The SMILES string of the molecule is CCCCCCNC(=O)/C=C(\C)c1cc2c(-c3ccc(Br)cc3)coc2c(C)c1OCC. The number of halogens is 1. The molecule has 0 spiro atoms. The minimum Gasteiger partial charge on any atom is -0.493 e. The molecule has 0 atom stereocenters. The quantitative estimate of drug-likeness (QED) is 0.231. The Hall–Kier alpha value is -2.53. The Bertz CT molecular complexity index is 1100. The molecule has 1 heterocycles. The molecule has 0 radical (unpaired) electrons. The number of hydrogen-bond donors (Lipinski definition) is 1. The molecule has 1 amide bonds. The Morgan fingerprint density at radius 3 is 2.59 bits per heavy atom. The van der Waals surface area contributed by atoms with Crippen molar-refractivity contribution in [1.29, 1.82) is 0 Å². The maximum atomic E-state index is 12.5. The summed E-state index contributed by atoms with van der Waals surface area (Å²) in [4.78, 5) is 12.5. The van der Waals surface area contributed by atoms with Crippen molar-refractivity contribution in [1.82, 2.24) is 5.32 Å². The second-order valence-electron chi connectivity index (χ2n) is 8.02. The number of hydrogen-bond acceptors (Lipinski definition) is 3. The van der Waals surface area contributed by atoms with Crippen LogP contribution in [0.2, 0.25) is 0 Å². The summed E-state index contributed by atoms with van der Waals surface area (Å²) in [5, 5.41) is 4.01. The van der Waals surface area contributed by atoms with Gasteiger partial charge >= 0.3 is 0 Å². The van der Waals surface area contributed by atoms with Crippen molar-refractivity contribution in [3.05, 3.63) is 58.3 Å². The first-order chi connectivity index (χ1) is 15.5. The van der Waals surface area contributed by atoms with E-state index in [1.54, 1.807) is 12.3 Å². The number of amides is 1. The van der Waals surface area contributed by atoms with Crippen LogP contribution in [0.4, 0.5) is 0 Å². The van der Waals surface area contributed by atoms with E-state index in [0.717, 1.165) is 61.9 Å². The number of ether oxygens (including phenoxy) is 1. The highest BCUT2D eigenvalue weighted by Gasteiger charge is 2.19. The number of carbonyl (C=O) groups is 1. The van der Waals surface area contributed by atoms with Gasteiger partial charge in [0.2, 0.25) is 5.91 Å². The summed E-state index contributed by atoms with van der Waals surface area (Å²) >= 11 is 3.50. The monoisotopic (exact) mass is 497 g/mol. The third-order valence-electron chi connectivity index (χ3n) is 5.59. The second kappa shape index (κ2) is 11.4. The van der Waals surface area contributed by atoms with Gasteiger partial charge in [-0.15, -0.1) is 0 Å². The molecule has 0 aliphatic heterocycles. The maximum absolute atomic E-state index is 12.5. The number of carbonyl (C=O) groups excluding carboxylic acids is 1. The van der Waals surface area contributed by atoms with Gasteiger partial charge in [0.05, 0.1) is 12.9 Å². The molecule has 0 saturated carbocycles. The molecule has 3 rings (SSSR count). The van der Waals surface area contributed by atoms with E-state index in [1.807, 2.05) is 32.9 Å². The molecule has 5 heteroatoms. The highest BCUT2D eigenvalue weighted by molar-refractivity contribution is 9.10. The van der Waals surface area contributed by atoms with Crippen molar-refractivity contribution in [2.45, 2.75) is 53.4 Å². The second-order valence-corrected chi connectivity index (χ2v) is 8.94. The first kappa shape index (κ1) is 24.1. The minimum atomic E-state index is -0.0699. The Labute approximate surface area is 199 Å². The largest absolute Gasteiger partial charge is 0.493 e. The third kappa shape index (κ3) is 5.63. The normalized spacial score (nSPS) is 11.7. The average molecular weight is 498 g/mol. The van der Waals surface area contributed by atoms with Crippen LogP contribution in [0.1, 0.15) is 57.6 Å². The molecule has 1 N–H and O–H groups in total. The summed E-state index contributed by atoms with van der Waals surface area (Å²) in [7, 11) is 0. The lowest BCUT2D eigenvalue weighted by atomic mass is 9.96. The topological polar surface area (TPSA) is 51.5 Å². The molecular weight excluding hydrogens is 466 g/mol. The van der Waals surface area contributed by atoms with E-state index < -0.39 is 0 Å². The Morgan fingerprint density at radius 2 is 1.91 bits per heavy atom. The van der Waals surface area contributed by atoms with Crippen molar-refractivity contribution >= 4 is 38.4 Å². The molecule has 2 aromatic carbocycles. The van der Waals surface area contributed by atoms with Crippen LogP contribution in [0.15, 0.2) is 51.6 Å². The summed E-state index contributed by atoms with van der Waals surface area (Å²) in [5.41, 5.74) is 5.63. The van der Waals surface area contributed by atoms with Crippen LogP contribution in [-0.4, -0.2) is 19.1 Å². The molecule has 0 aliphatic rings. The van der Waals surface area contributed by atoms with Gasteiger partial charge < -0.3 is 14.5 Å². The van der Waals surface area contributed by atoms with E-state index >= 15 is 0 Å². The van der Waals surface area contributed by atoms with Gasteiger partial charge in [-0.2, -0.15) is 0 Å². The number of allylic oxidation sites excluding steroid dienone is 1. The standard InChI is InChI=1S/C27H32BrNO3/c1-5-7-8-9-14-29-25(30)15-18(3)22-16-23-24(20-10-12-21(28)13-11-20)17-32-27(23)19(4)26(22)31-6-2/h10-13,15-17H,5-9,14H2,1-4H3,(H,29,30)/b18-15+. The highest BCUT2D eigenvalue weighted by atomic mass is 79.9. The Kier molecular flexibility index (Phi) is 8.57. The van der Waals surface area contributed by atoms with Gasteiger partial charge in [-0.1, -0.05) is 54.2 Å². The number of aryl methyl sites for hydroxylation is 1. The minimum absolute atomic E-state index is 0.0699. The first-order valence-electron chi connectivity index (χ1n) is 11.4. The van der Waals surface area contributed by atoms with E-state index in [2.05, 4.69) is 46.4 Å². The molecule has 0 fully saturated rings. The van der Waals surface area contributed by atoms with Crippen molar-refractivity contribution < 1.29 is 13.9 Å². The predicted octanol–water partition coefficient (Wildman–Crippen LogP) is 7.67. The summed E-state index contributed by atoms with van der Waals surface area (Å²) < 4.78 is 13.0. The summed E-state index contributed by atoms with van der Waals surface area (Å²) in [6, 6.07) is 10.2. The fourth-order valence-corrected chi connectivity index (χ4v) is 4.15. The number of furan rings is 1. The fourth-order valence-electron chi connectivity index (χ4n) is 3.88. The van der Waals surface area contributed by atoms with Gasteiger partial charge in [-0.25, -0.2) is 0 Å². The van der Waals surface area contributed by atoms with Gasteiger partial charge in [0.15, 0.2) is 0 Å². The zero-order valence-electron chi connectivity index (χ0n) is 19.4. The molecule has 0 bridgehead atoms. The van der Waals surface area contributed by atoms with Crippen LogP contribution in [0.3, 0.4) is 0 Å². The number of benzene rings is 2. The molecular formula is C27H32BrNO3. The van der Waals surface area contributed by atoms with Crippen molar-refractivity contribution in [3.8, 4) is 16.9 Å². The zero-order chi connectivity index (χ0) is 23.1. The molecule has 32 heavy (non-hydrogen) atoms. The molecule has 0 unspecified atom stereocenters. The van der Waals surface area contributed by atoms with Crippen LogP contribution in [-0.2, 0) is 4.79 Å². The Morgan fingerprint density at radius 1 is 1.16 bits per heavy atom.